The number of rotatable bonds is 2. The van der Waals surface area contributed by atoms with E-state index in [4.69, 9.17) is 27.6 Å². The van der Waals surface area contributed by atoms with Gasteiger partial charge in [0.1, 0.15) is 23.3 Å². The summed E-state index contributed by atoms with van der Waals surface area (Å²) in [4.78, 5) is 25.4. The first-order valence-electron chi connectivity index (χ1n) is 3.92. The number of nitrogen functional groups attached to an aromatic ring is 2. The minimum Gasteiger partial charge on any atom is -0.478 e. The lowest BCUT2D eigenvalue weighted by Gasteiger charge is -2.08. The van der Waals surface area contributed by atoms with Crippen molar-refractivity contribution in [3.8, 4) is 6.07 Å². The summed E-state index contributed by atoms with van der Waals surface area (Å²) in [5, 5.41) is 17.6. The molecule has 0 saturated heterocycles. The normalized spacial score (nSPS) is 9.44. The predicted molar refractivity (Wildman–Crippen MR) is 53.3 cm³/mol. The second kappa shape index (κ2) is 3.74. The molecule has 0 unspecified atom stereocenters. The van der Waals surface area contributed by atoms with Gasteiger partial charge in [-0.3, -0.25) is 4.79 Å². The molecule has 0 saturated carbocycles. The molecule has 0 fully saturated rings. The molecule has 7 N–H and O–H groups in total. The second-order valence-corrected chi connectivity index (χ2v) is 2.79. The van der Waals surface area contributed by atoms with Gasteiger partial charge in [0.15, 0.2) is 0 Å². The number of nitrogens with zero attached hydrogens (tertiary/aromatic N) is 2. The fourth-order valence-electron chi connectivity index (χ4n) is 1.20. The van der Waals surface area contributed by atoms with Gasteiger partial charge in [0, 0.05) is 0 Å². The third-order valence-corrected chi connectivity index (χ3v) is 1.83. The number of anilines is 2. The fourth-order valence-corrected chi connectivity index (χ4v) is 1.20. The topological polar surface area (TPSA) is 169 Å². The van der Waals surface area contributed by atoms with Gasteiger partial charge in [-0.15, -0.1) is 0 Å². The molecule has 0 radical (unpaired) electrons. The van der Waals surface area contributed by atoms with Crippen LogP contribution in [0.1, 0.15) is 26.3 Å². The zero-order valence-electron chi connectivity index (χ0n) is 7.89. The summed E-state index contributed by atoms with van der Waals surface area (Å²) in [5.41, 5.74) is 14.0. The number of carboxylic acid groups (broad SMARTS) is 1. The van der Waals surface area contributed by atoms with E-state index >= 15 is 0 Å². The smallest absolute Gasteiger partial charge is 0.338 e. The molecule has 0 spiro atoms. The zero-order valence-corrected chi connectivity index (χ0v) is 7.89. The SMILES string of the molecule is N#Cc1c(N)nc(N)c(C(N)=O)c1C(=O)O. The van der Waals surface area contributed by atoms with Crippen LogP contribution in [-0.2, 0) is 0 Å². The van der Waals surface area contributed by atoms with Crippen LogP contribution in [0.15, 0.2) is 0 Å². The van der Waals surface area contributed by atoms with Crippen LogP contribution in [0.4, 0.5) is 11.6 Å². The maximum Gasteiger partial charge on any atom is 0.338 e. The van der Waals surface area contributed by atoms with Crippen LogP contribution in [0, 0.1) is 11.3 Å². The molecule has 1 rings (SSSR count). The summed E-state index contributed by atoms with van der Waals surface area (Å²) in [7, 11) is 0. The highest BCUT2D eigenvalue weighted by Gasteiger charge is 2.25. The number of carbonyl (C=O) groups is 2. The maximum absolute atomic E-state index is 11.0. The number of nitriles is 1. The Labute approximate surface area is 89.3 Å². The van der Waals surface area contributed by atoms with Gasteiger partial charge < -0.3 is 22.3 Å². The Morgan fingerprint density at radius 1 is 1.25 bits per heavy atom. The summed E-state index contributed by atoms with van der Waals surface area (Å²) in [6, 6.07) is 1.54. The van der Waals surface area contributed by atoms with Crippen LogP contribution < -0.4 is 17.2 Å². The van der Waals surface area contributed by atoms with Gasteiger partial charge in [-0.25, -0.2) is 9.78 Å². The van der Waals surface area contributed by atoms with Crippen molar-refractivity contribution in [3.05, 3.63) is 16.7 Å². The molecule has 0 aliphatic heterocycles. The molecule has 1 aromatic heterocycles. The zero-order chi connectivity index (χ0) is 12.5. The van der Waals surface area contributed by atoms with Crippen LogP contribution in [0.5, 0.6) is 0 Å². The van der Waals surface area contributed by atoms with Crippen molar-refractivity contribution < 1.29 is 14.7 Å². The molecule has 1 aromatic rings. The summed E-state index contributed by atoms with van der Waals surface area (Å²) in [6.45, 7) is 0. The molecule has 0 bridgehead atoms. The van der Waals surface area contributed by atoms with E-state index in [1.807, 2.05) is 0 Å². The average molecular weight is 221 g/mol. The molecule has 0 atom stereocenters. The number of carbonyl (C=O) groups excluding carboxylic acids is 1. The van der Waals surface area contributed by atoms with Crippen molar-refractivity contribution in [1.29, 1.82) is 5.26 Å². The van der Waals surface area contributed by atoms with Gasteiger partial charge in [-0.2, -0.15) is 5.26 Å². The molecule has 1 heterocycles. The minimum absolute atomic E-state index is 0.359. The molecule has 0 aliphatic rings. The van der Waals surface area contributed by atoms with Crippen molar-refractivity contribution in [3.63, 3.8) is 0 Å². The third kappa shape index (κ3) is 1.57. The number of nitrogens with two attached hydrogens (primary N) is 3. The maximum atomic E-state index is 11.0. The first-order chi connectivity index (χ1) is 7.40. The number of amides is 1. The van der Waals surface area contributed by atoms with Gasteiger partial charge >= 0.3 is 5.97 Å². The Balaban J connectivity index is 3.81. The van der Waals surface area contributed by atoms with E-state index in [-0.39, 0.29) is 5.82 Å². The molecule has 16 heavy (non-hydrogen) atoms. The Hall–Kier alpha value is -2.82. The molecule has 82 valence electrons. The summed E-state index contributed by atoms with van der Waals surface area (Å²) in [5.74, 6) is -3.38. The highest BCUT2D eigenvalue weighted by atomic mass is 16.4. The summed E-state index contributed by atoms with van der Waals surface area (Å²) in [6.07, 6.45) is 0. The highest BCUT2D eigenvalue weighted by molar-refractivity contribution is 6.09. The Morgan fingerprint density at radius 3 is 2.19 bits per heavy atom. The lowest BCUT2D eigenvalue weighted by molar-refractivity contribution is 0.0691. The number of hydrogen-bond acceptors (Lipinski definition) is 6. The van der Waals surface area contributed by atoms with Gasteiger partial charge in [-0.05, 0) is 0 Å². The Morgan fingerprint density at radius 2 is 1.81 bits per heavy atom. The van der Waals surface area contributed by atoms with Crippen LogP contribution >= 0.6 is 0 Å². The van der Waals surface area contributed by atoms with E-state index in [0.717, 1.165) is 0 Å². The fraction of sp³-hybridized carbons (Fsp3) is 0. The van der Waals surface area contributed by atoms with Crippen LogP contribution in [-0.4, -0.2) is 22.0 Å². The first kappa shape index (κ1) is 11.3. The standard InChI is InChI=1S/C8H7N5O3/c9-1-2-3(8(15)16)4(7(12)14)6(11)13-5(2)10/h(H2,12,14)(H,15,16)(H4,10,11,13). The quantitative estimate of drug-likeness (QED) is 0.491. The molecule has 8 nitrogen and oxygen atoms in total. The van der Waals surface area contributed by atoms with Gasteiger partial charge in [0.2, 0.25) is 0 Å². The van der Waals surface area contributed by atoms with E-state index in [2.05, 4.69) is 4.98 Å². The molecule has 1 amide bonds. The van der Waals surface area contributed by atoms with Gasteiger partial charge in [0.05, 0.1) is 11.1 Å². The lowest BCUT2D eigenvalue weighted by atomic mass is 10.0. The number of hydrogen-bond donors (Lipinski definition) is 4. The molecule has 0 aliphatic carbocycles. The molecular formula is C8H7N5O3. The summed E-state index contributed by atoms with van der Waals surface area (Å²) < 4.78 is 0. The van der Waals surface area contributed by atoms with Crippen LogP contribution in [0.3, 0.4) is 0 Å². The van der Waals surface area contributed by atoms with Crippen LogP contribution in [0.25, 0.3) is 0 Å². The third-order valence-electron chi connectivity index (χ3n) is 1.83. The van der Waals surface area contributed by atoms with Crippen molar-refractivity contribution in [2.24, 2.45) is 5.73 Å². The van der Waals surface area contributed by atoms with E-state index in [9.17, 15) is 9.59 Å². The largest absolute Gasteiger partial charge is 0.478 e. The molecule has 0 aromatic carbocycles. The van der Waals surface area contributed by atoms with Crippen molar-refractivity contribution in [2.45, 2.75) is 0 Å². The van der Waals surface area contributed by atoms with Crippen molar-refractivity contribution >= 4 is 23.5 Å². The van der Waals surface area contributed by atoms with Gasteiger partial charge in [-0.1, -0.05) is 0 Å². The van der Waals surface area contributed by atoms with E-state index < -0.39 is 34.4 Å². The van der Waals surface area contributed by atoms with E-state index in [1.54, 1.807) is 0 Å². The number of pyridine rings is 1. The monoisotopic (exact) mass is 221 g/mol. The summed E-state index contributed by atoms with van der Waals surface area (Å²) >= 11 is 0. The van der Waals surface area contributed by atoms with Crippen LogP contribution in [0.2, 0.25) is 0 Å². The van der Waals surface area contributed by atoms with Crippen molar-refractivity contribution in [2.75, 3.05) is 11.5 Å². The molecule has 8 heteroatoms. The predicted octanol–water partition coefficient (Wildman–Crippen LogP) is -1.09. The van der Waals surface area contributed by atoms with Gasteiger partial charge in [0.25, 0.3) is 5.91 Å². The Kier molecular flexibility index (Phi) is 2.63. The van der Waals surface area contributed by atoms with E-state index in [1.165, 1.54) is 6.07 Å². The second-order valence-electron chi connectivity index (χ2n) is 2.79. The average Bonchev–Trinajstić information content (AvgIpc) is 2.15. The number of aromatic nitrogens is 1. The number of primary amides is 1. The Bertz CT molecular complexity index is 531. The highest BCUT2D eigenvalue weighted by Crippen LogP contribution is 2.23. The first-order valence-corrected chi connectivity index (χ1v) is 3.92. The number of carboxylic acids is 1. The minimum atomic E-state index is -1.52. The van der Waals surface area contributed by atoms with E-state index in [0.29, 0.717) is 0 Å². The molecular weight excluding hydrogens is 214 g/mol. The lowest BCUT2D eigenvalue weighted by Crippen LogP contribution is -2.22. The van der Waals surface area contributed by atoms with Crippen molar-refractivity contribution in [1.82, 2.24) is 4.98 Å². The number of aromatic carboxylic acids is 1.